The standard InChI is InChI=1S/C14H16N2O3S/c15-8-11-6-7-20-13(11)16-12(17)9-19-14(18)10-4-2-1-3-5-10/h6-7,10H,1-5,9H2,(H,16,17). The lowest BCUT2D eigenvalue weighted by Gasteiger charge is -2.19. The molecule has 1 N–H and O–H groups in total. The fourth-order valence-corrected chi connectivity index (χ4v) is 3.00. The minimum atomic E-state index is -0.409. The minimum absolute atomic E-state index is 0.0621. The van der Waals surface area contributed by atoms with Crippen LogP contribution in [0.25, 0.3) is 0 Å². The van der Waals surface area contributed by atoms with Crippen molar-refractivity contribution in [2.24, 2.45) is 5.92 Å². The number of nitriles is 1. The van der Waals surface area contributed by atoms with Crippen molar-refractivity contribution in [2.75, 3.05) is 11.9 Å². The highest BCUT2D eigenvalue weighted by molar-refractivity contribution is 7.14. The van der Waals surface area contributed by atoms with E-state index >= 15 is 0 Å². The number of anilines is 1. The van der Waals surface area contributed by atoms with Crippen LogP contribution in [0.1, 0.15) is 37.7 Å². The van der Waals surface area contributed by atoms with Gasteiger partial charge in [-0.2, -0.15) is 5.26 Å². The summed E-state index contributed by atoms with van der Waals surface area (Å²) >= 11 is 1.27. The van der Waals surface area contributed by atoms with E-state index < -0.39 is 5.91 Å². The fraction of sp³-hybridized carbons (Fsp3) is 0.500. The average molecular weight is 292 g/mol. The van der Waals surface area contributed by atoms with Gasteiger partial charge >= 0.3 is 5.97 Å². The molecule has 0 radical (unpaired) electrons. The molecule has 1 aliphatic carbocycles. The van der Waals surface area contributed by atoms with Gasteiger partial charge < -0.3 is 10.1 Å². The summed E-state index contributed by atoms with van der Waals surface area (Å²) < 4.78 is 5.04. The van der Waals surface area contributed by atoms with Crippen molar-refractivity contribution in [3.63, 3.8) is 0 Å². The van der Waals surface area contributed by atoms with E-state index in [1.54, 1.807) is 11.4 Å². The van der Waals surface area contributed by atoms with Crippen molar-refractivity contribution in [3.05, 3.63) is 17.0 Å². The molecule has 1 aromatic heterocycles. The van der Waals surface area contributed by atoms with Gasteiger partial charge in [-0.3, -0.25) is 9.59 Å². The van der Waals surface area contributed by atoms with Crippen LogP contribution in [0.3, 0.4) is 0 Å². The molecule has 0 saturated heterocycles. The first-order valence-electron chi connectivity index (χ1n) is 6.65. The number of carbonyl (C=O) groups excluding carboxylic acids is 2. The van der Waals surface area contributed by atoms with Crippen LogP contribution >= 0.6 is 11.3 Å². The minimum Gasteiger partial charge on any atom is -0.455 e. The molecular formula is C14H16N2O3S. The Morgan fingerprint density at radius 2 is 2.15 bits per heavy atom. The summed E-state index contributed by atoms with van der Waals surface area (Å²) in [6.45, 7) is -0.294. The van der Waals surface area contributed by atoms with Gasteiger partial charge in [-0.1, -0.05) is 19.3 Å². The van der Waals surface area contributed by atoms with Crippen molar-refractivity contribution in [3.8, 4) is 6.07 Å². The number of hydrogen-bond acceptors (Lipinski definition) is 5. The molecule has 0 bridgehead atoms. The highest BCUT2D eigenvalue weighted by atomic mass is 32.1. The summed E-state index contributed by atoms with van der Waals surface area (Å²) in [5, 5.41) is 13.6. The molecule has 1 saturated carbocycles. The van der Waals surface area contributed by atoms with Crippen molar-refractivity contribution >= 4 is 28.2 Å². The smallest absolute Gasteiger partial charge is 0.309 e. The van der Waals surface area contributed by atoms with E-state index in [0.29, 0.717) is 10.6 Å². The van der Waals surface area contributed by atoms with Gasteiger partial charge in [-0.05, 0) is 24.3 Å². The molecule has 20 heavy (non-hydrogen) atoms. The molecule has 2 rings (SSSR count). The molecule has 6 heteroatoms. The van der Waals surface area contributed by atoms with E-state index in [4.69, 9.17) is 10.00 Å². The molecule has 1 aliphatic rings. The van der Waals surface area contributed by atoms with Gasteiger partial charge in [-0.15, -0.1) is 11.3 Å². The number of rotatable bonds is 4. The Bertz CT molecular complexity index is 527. The van der Waals surface area contributed by atoms with E-state index in [0.717, 1.165) is 25.7 Å². The molecule has 1 amide bonds. The Kier molecular flexibility index (Phi) is 5.13. The monoisotopic (exact) mass is 292 g/mol. The third-order valence-corrected chi connectivity index (χ3v) is 4.15. The lowest BCUT2D eigenvalue weighted by molar-refractivity contribution is -0.152. The number of amides is 1. The zero-order chi connectivity index (χ0) is 14.4. The van der Waals surface area contributed by atoms with E-state index in [9.17, 15) is 9.59 Å². The van der Waals surface area contributed by atoms with Gasteiger partial charge in [0.2, 0.25) is 0 Å². The van der Waals surface area contributed by atoms with Crippen LogP contribution in [0, 0.1) is 17.2 Å². The second-order valence-electron chi connectivity index (χ2n) is 4.77. The van der Waals surface area contributed by atoms with E-state index in [1.165, 1.54) is 17.8 Å². The Balaban J connectivity index is 1.77. The van der Waals surface area contributed by atoms with Crippen LogP contribution in [0.5, 0.6) is 0 Å². The molecule has 106 valence electrons. The number of thiophene rings is 1. The van der Waals surface area contributed by atoms with Gasteiger partial charge in [0.05, 0.1) is 11.5 Å². The van der Waals surface area contributed by atoms with Gasteiger partial charge in [0.25, 0.3) is 5.91 Å². The van der Waals surface area contributed by atoms with Crippen LogP contribution in [0.4, 0.5) is 5.00 Å². The van der Waals surface area contributed by atoms with Crippen LogP contribution in [-0.4, -0.2) is 18.5 Å². The topological polar surface area (TPSA) is 79.2 Å². The summed E-state index contributed by atoms with van der Waals surface area (Å²) in [6.07, 6.45) is 4.97. The first-order chi connectivity index (χ1) is 9.70. The van der Waals surface area contributed by atoms with Crippen molar-refractivity contribution in [2.45, 2.75) is 32.1 Å². The molecule has 0 aliphatic heterocycles. The maximum absolute atomic E-state index is 11.8. The van der Waals surface area contributed by atoms with Crippen molar-refractivity contribution in [1.82, 2.24) is 0 Å². The van der Waals surface area contributed by atoms with E-state index in [-0.39, 0.29) is 18.5 Å². The second kappa shape index (κ2) is 7.06. The largest absolute Gasteiger partial charge is 0.455 e. The Hall–Kier alpha value is -1.87. The number of ether oxygens (including phenoxy) is 1. The number of nitrogens with one attached hydrogen (secondary N) is 1. The number of nitrogens with zero attached hydrogens (tertiary/aromatic N) is 1. The maximum Gasteiger partial charge on any atom is 0.309 e. The highest BCUT2D eigenvalue weighted by Crippen LogP contribution is 2.25. The van der Waals surface area contributed by atoms with E-state index in [1.807, 2.05) is 6.07 Å². The molecule has 1 aromatic rings. The summed E-state index contributed by atoms with van der Waals surface area (Å²) in [5.74, 6) is -0.757. The van der Waals surface area contributed by atoms with Crippen molar-refractivity contribution in [1.29, 1.82) is 5.26 Å². The number of hydrogen-bond donors (Lipinski definition) is 1. The summed E-state index contributed by atoms with van der Waals surface area (Å²) in [7, 11) is 0. The fourth-order valence-electron chi connectivity index (χ4n) is 2.25. The van der Waals surface area contributed by atoms with E-state index in [2.05, 4.69) is 5.32 Å². The molecule has 1 fully saturated rings. The first kappa shape index (κ1) is 14.5. The normalized spacial score (nSPS) is 15.3. The first-order valence-corrected chi connectivity index (χ1v) is 7.52. The Morgan fingerprint density at radius 1 is 1.40 bits per heavy atom. The van der Waals surface area contributed by atoms with Crippen LogP contribution in [0.15, 0.2) is 11.4 Å². The highest BCUT2D eigenvalue weighted by Gasteiger charge is 2.23. The van der Waals surface area contributed by atoms with Crippen LogP contribution < -0.4 is 5.32 Å². The molecule has 1 heterocycles. The van der Waals surface area contributed by atoms with Crippen LogP contribution in [0.2, 0.25) is 0 Å². The average Bonchev–Trinajstić information content (AvgIpc) is 2.92. The third-order valence-electron chi connectivity index (χ3n) is 3.32. The van der Waals surface area contributed by atoms with Gasteiger partial charge in [0.15, 0.2) is 6.61 Å². The van der Waals surface area contributed by atoms with Gasteiger partial charge in [0, 0.05) is 0 Å². The predicted molar refractivity (Wildman–Crippen MR) is 75.2 cm³/mol. The zero-order valence-corrected chi connectivity index (χ0v) is 11.9. The Morgan fingerprint density at radius 3 is 2.85 bits per heavy atom. The summed E-state index contributed by atoms with van der Waals surface area (Å²) in [6, 6.07) is 3.62. The molecule has 0 atom stereocenters. The summed E-state index contributed by atoms with van der Waals surface area (Å²) in [4.78, 5) is 23.5. The van der Waals surface area contributed by atoms with Crippen LogP contribution in [-0.2, 0) is 14.3 Å². The Labute approximate surface area is 121 Å². The quantitative estimate of drug-likeness (QED) is 0.865. The van der Waals surface area contributed by atoms with Gasteiger partial charge in [0.1, 0.15) is 11.1 Å². The molecular weight excluding hydrogens is 276 g/mol. The lowest BCUT2D eigenvalue weighted by atomic mass is 9.89. The predicted octanol–water partition coefficient (Wildman–Crippen LogP) is 2.68. The molecule has 0 unspecified atom stereocenters. The number of carbonyl (C=O) groups is 2. The molecule has 5 nitrogen and oxygen atoms in total. The second-order valence-corrected chi connectivity index (χ2v) is 5.68. The summed E-state index contributed by atoms with van der Waals surface area (Å²) in [5.41, 5.74) is 0.418. The molecule has 0 aromatic carbocycles. The number of esters is 1. The zero-order valence-electron chi connectivity index (χ0n) is 11.1. The van der Waals surface area contributed by atoms with Crippen molar-refractivity contribution < 1.29 is 14.3 Å². The lowest BCUT2D eigenvalue weighted by Crippen LogP contribution is -2.25. The third kappa shape index (κ3) is 3.81. The maximum atomic E-state index is 11.8. The van der Waals surface area contributed by atoms with Gasteiger partial charge in [-0.25, -0.2) is 0 Å². The molecule has 0 spiro atoms. The SMILES string of the molecule is N#Cc1ccsc1NC(=O)COC(=O)C1CCCCC1.